The maximum absolute atomic E-state index is 14.6. The minimum atomic E-state index is -4.02. The fourth-order valence-electron chi connectivity index (χ4n) is 7.44. The lowest BCUT2D eigenvalue weighted by Gasteiger charge is -2.20. The van der Waals surface area contributed by atoms with Crippen LogP contribution in [0.4, 0.5) is 11.4 Å². The van der Waals surface area contributed by atoms with Gasteiger partial charge in [0.25, 0.3) is 20.0 Å². The zero-order valence-corrected chi connectivity index (χ0v) is 35.9. The van der Waals surface area contributed by atoms with Gasteiger partial charge in [-0.25, -0.2) is 16.8 Å². The van der Waals surface area contributed by atoms with Crippen molar-refractivity contribution in [1.29, 1.82) is 0 Å². The molecule has 12 nitrogen and oxygen atoms in total. The molecule has 0 unspecified atom stereocenters. The van der Waals surface area contributed by atoms with Gasteiger partial charge in [-0.05, 0) is 112 Å². The number of aliphatic hydroxyl groups is 2. The molecule has 0 aliphatic heterocycles. The molecule has 4 aromatic carbocycles. The summed E-state index contributed by atoms with van der Waals surface area (Å²) in [7, 11) is -8.03. The summed E-state index contributed by atoms with van der Waals surface area (Å²) in [6.45, 7) is 11.8. The van der Waals surface area contributed by atoms with Gasteiger partial charge < -0.3 is 20.2 Å². The number of H-pyrrole nitrogens is 2. The molecule has 6 N–H and O–H groups in total. The molecule has 0 fully saturated rings. The molecule has 0 amide bonds. The Kier molecular flexibility index (Phi) is 11.3. The van der Waals surface area contributed by atoms with E-state index in [1.165, 1.54) is 36.4 Å². The number of rotatable bonds is 14. The van der Waals surface area contributed by atoms with Crippen molar-refractivity contribution in [3.8, 4) is 0 Å². The van der Waals surface area contributed by atoms with Crippen molar-refractivity contribution in [3.63, 3.8) is 0 Å². The van der Waals surface area contributed by atoms with Crippen molar-refractivity contribution in [2.45, 2.75) is 77.0 Å². The van der Waals surface area contributed by atoms with E-state index in [1.54, 1.807) is 48.5 Å². The number of hydrogen-bond acceptors (Lipinski definition) is 8. The van der Waals surface area contributed by atoms with Crippen LogP contribution in [0.3, 0.4) is 0 Å². The van der Waals surface area contributed by atoms with Gasteiger partial charge in [0.15, 0.2) is 11.5 Å². The number of aliphatic hydroxyl groups excluding tert-OH is 2. The number of fused-ring (bicyclic) bond motifs is 2. The third-order valence-corrected chi connectivity index (χ3v) is 13.5. The molecule has 14 heteroatoms. The lowest BCUT2D eigenvalue weighted by molar-refractivity contribution is -0.116. The highest BCUT2D eigenvalue weighted by molar-refractivity contribution is 7.93. The van der Waals surface area contributed by atoms with Gasteiger partial charge >= 0.3 is 0 Å². The van der Waals surface area contributed by atoms with Crippen LogP contribution in [0.5, 0.6) is 0 Å². The molecule has 1 aliphatic rings. The van der Waals surface area contributed by atoms with Gasteiger partial charge in [-0.15, -0.1) is 0 Å². The molecule has 0 atom stereocenters. The zero-order valence-electron chi connectivity index (χ0n) is 34.2. The number of aromatic amines is 2. The Hall–Kier alpha value is -6.12. The fraction of sp³-hybridized carbons (Fsp3) is 0.261. The van der Waals surface area contributed by atoms with Crippen LogP contribution < -0.4 is 9.44 Å². The minimum absolute atomic E-state index is 0.0527. The Morgan fingerprint density at radius 2 is 0.900 bits per heavy atom. The van der Waals surface area contributed by atoms with Gasteiger partial charge in [0, 0.05) is 55.7 Å². The minimum Gasteiger partial charge on any atom is -0.504 e. The number of anilines is 2. The van der Waals surface area contributed by atoms with E-state index in [9.17, 15) is 36.6 Å². The number of aryl methyl sites for hydroxylation is 4. The average Bonchev–Trinajstić information content (AvgIpc) is 3.73. The number of benzene rings is 4. The number of allylic oxidation sites excluding steroid dienone is 2. The molecule has 2 aromatic heterocycles. The Labute approximate surface area is 349 Å². The van der Waals surface area contributed by atoms with Crippen molar-refractivity contribution < 1.29 is 36.6 Å². The number of carbonyl (C=O) groups excluding carboxylic acids is 2. The van der Waals surface area contributed by atoms with E-state index in [-0.39, 0.29) is 44.1 Å². The number of hydrogen-bond donors (Lipinski definition) is 6. The molecule has 60 heavy (non-hydrogen) atoms. The first kappa shape index (κ1) is 42.0. The van der Waals surface area contributed by atoms with Gasteiger partial charge in [0.05, 0.1) is 20.9 Å². The van der Waals surface area contributed by atoms with Crippen LogP contribution in [0, 0.1) is 25.7 Å². The normalized spacial score (nSPS) is 14.1. The summed E-state index contributed by atoms with van der Waals surface area (Å²) < 4.78 is 58.7. The summed E-state index contributed by atoms with van der Waals surface area (Å²) in [5.41, 5.74) is 3.74. The number of carbonyl (C=O) groups is 2. The molecular formula is C46H48N4O8S2. The first-order valence-corrected chi connectivity index (χ1v) is 22.8. The molecule has 0 saturated heterocycles. The predicted molar refractivity (Wildman–Crippen MR) is 236 cm³/mol. The highest BCUT2D eigenvalue weighted by Crippen LogP contribution is 2.43. The second kappa shape index (κ2) is 16.1. The lowest BCUT2D eigenvalue weighted by Crippen LogP contribution is -2.23. The van der Waals surface area contributed by atoms with Crippen molar-refractivity contribution in [1.82, 2.24) is 9.97 Å². The maximum Gasteiger partial charge on any atom is 0.261 e. The molecule has 0 bridgehead atoms. The van der Waals surface area contributed by atoms with Crippen LogP contribution in [0.25, 0.3) is 33.0 Å². The molecule has 6 aromatic rings. The Morgan fingerprint density at radius 1 is 0.550 bits per heavy atom. The first-order valence-electron chi connectivity index (χ1n) is 19.8. The molecule has 1 aliphatic carbocycles. The van der Waals surface area contributed by atoms with Crippen molar-refractivity contribution in [2.75, 3.05) is 9.44 Å². The van der Waals surface area contributed by atoms with Crippen molar-refractivity contribution in [2.24, 2.45) is 11.8 Å². The highest BCUT2D eigenvalue weighted by Gasteiger charge is 2.40. The topological polar surface area (TPSA) is 199 Å². The SMILES string of the molecule is Cc1ccc(S(=O)(=O)Nc2ccc3[nH]c(CCC(C)C)c(C4=C(O)C(=O)C(c5c(CCC(C)C)[nH]c6ccc(NS(=O)(=O)c7ccc(C)cc7)cc56)=C(O)C4=O)c3c2)cc1. The van der Waals surface area contributed by atoms with E-state index in [0.29, 0.717) is 58.9 Å². The second-order valence-corrected chi connectivity index (χ2v) is 19.7. The van der Waals surface area contributed by atoms with Crippen molar-refractivity contribution in [3.05, 3.63) is 130 Å². The van der Waals surface area contributed by atoms with Crippen LogP contribution in [-0.4, -0.2) is 48.6 Å². The molecular weight excluding hydrogens is 801 g/mol. The Bertz CT molecular complexity index is 2770. The third-order valence-electron chi connectivity index (χ3n) is 10.7. The van der Waals surface area contributed by atoms with Gasteiger partial charge in [-0.2, -0.15) is 0 Å². The zero-order chi connectivity index (χ0) is 43.3. The number of Topliss-reactive ketones (excluding diaryl/α,β-unsaturated/α-hetero) is 2. The molecule has 0 spiro atoms. The monoisotopic (exact) mass is 848 g/mol. The quantitative estimate of drug-likeness (QED) is 0.0583. The van der Waals surface area contributed by atoms with Gasteiger partial charge in [-0.1, -0.05) is 63.1 Å². The standard InChI is InChI=1S/C46H48N4O8S2/c1-25(2)7-19-37-39(33-23-29(13-21-35(33)47-37)49-59(55,56)31-15-9-27(5)10-16-31)41-43(51)45(53)42(46(54)44(41)52)40-34-24-30(14-22-36(34)48-38(40)20-8-26(3)4)50-60(57,58)32-17-11-28(6)12-18-32/h9-18,21-26,47-51,54H,7-8,19-20H2,1-6H3. The molecule has 2 heterocycles. The lowest BCUT2D eigenvalue weighted by atomic mass is 9.83. The average molecular weight is 849 g/mol. The van der Waals surface area contributed by atoms with Crippen LogP contribution in [0.15, 0.2) is 106 Å². The van der Waals surface area contributed by atoms with E-state index >= 15 is 0 Å². The van der Waals surface area contributed by atoms with Gasteiger partial charge in [0.2, 0.25) is 11.6 Å². The fourth-order valence-corrected chi connectivity index (χ4v) is 9.54. The van der Waals surface area contributed by atoms with E-state index < -0.39 is 54.3 Å². The van der Waals surface area contributed by atoms with Gasteiger partial charge in [0.1, 0.15) is 0 Å². The highest BCUT2D eigenvalue weighted by atomic mass is 32.2. The van der Waals surface area contributed by atoms with Crippen LogP contribution >= 0.6 is 0 Å². The molecule has 0 radical (unpaired) electrons. The molecule has 0 saturated carbocycles. The predicted octanol–water partition coefficient (Wildman–Crippen LogP) is 9.44. The Balaban J connectivity index is 1.35. The summed E-state index contributed by atoms with van der Waals surface area (Å²) in [5, 5.41) is 24.6. The molecule has 7 rings (SSSR count). The van der Waals surface area contributed by atoms with Crippen LogP contribution in [0.1, 0.15) is 74.2 Å². The maximum atomic E-state index is 14.6. The smallest absolute Gasteiger partial charge is 0.261 e. The summed E-state index contributed by atoms with van der Waals surface area (Å²) >= 11 is 0. The first-order chi connectivity index (χ1) is 28.3. The van der Waals surface area contributed by atoms with E-state index in [4.69, 9.17) is 0 Å². The number of nitrogens with one attached hydrogen (secondary N) is 4. The number of aromatic nitrogens is 2. The molecule has 312 valence electrons. The summed E-state index contributed by atoms with van der Waals surface area (Å²) in [6, 6.07) is 22.2. The van der Waals surface area contributed by atoms with Gasteiger partial charge in [-0.3, -0.25) is 19.0 Å². The Morgan fingerprint density at radius 3 is 1.23 bits per heavy atom. The number of ketones is 2. The summed E-state index contributed by atoms with van der Waals surface area (Å²) in [4.78, 5) is 35.9. The van der Waals surface area contributed by atoms with Crippen LogP contribution in [0.2, 0.25) is 0 Å². The van der Waals surface area contributed by atoms with E-state index in [0.717, 1.165) is 11.1 Å². The summed E-state index contributed by atoms with van der Waals surface area (Å²) in [5.74, 6) is -3.29. The van der Waals surface area contributed by atoms with Crippen LogP contribution in [-0.2, 0) is 42.5 Å². The van der Waals surface area contributed by atoms with E-state index in [2.05, 4.69) is 19.4 Å². The largest absolute Gasteiger partial charge is 0.504 e. The summed E-state index contributed by atoms with van der Waals surface area (Å²) in [6.07, 6.45) is 2.15. The van der Waals surface area contributed by atoms with Crippen molar-refractivity contribution >= 4 is 75.9 Å². The third kappa shape index (κ3) is 8.21. The second-order valence-electron chi connectivity index (χ2n) is 16.3. The van der Waals surface area contributed by atoms with E-state index in [1.807, 2.05) is 41.5 Å². The number of sulfonamides is 2.